The Morgan fingerprint density at radius 1 is 1.34 bits per heavy atom. The smallest absolute Gasteiger partial charge is 0.273 e. The zero-order valence-corrected chi connectivity index (χ0v) is 16.7. The van der Waals surface area contributed by atoms with E-state index in [1.807, 2.05) is 0 Å². The summed E-state index contributed by atoms with van der Waals surface area (Å²) in [5.41, 5.74) is 0.939. The van der Waals surface area contributed by atoms with Gasteiger partial charge in [0.25, 0.3) is 11.5 Å². The predicted octanol–water partition coefficient (Wildman–Crippen LogP) is 2.55. The topological polar surface area (TPSA) is 82.5 Å². The predicted molar refractivity (Wildman–Crippen MR) is 109 cm³/mol. The van der Waals surface area contributed by atoms with E-state index in [1.165, 1.54) is 35.0 Å². The first-order valence-electron chi connectivity index (χ1n) is 9.45. The number of benzene rings is 1. The molecule has 1 aliphatic rings. The maximum atomic E-state index is 13.4. The van der Waals surface area contributed by atoms with Crippen LogP contribution in [0.25, 0.3) is 16.9 Å². The summed E-state index contributed by atoms with van der Waals surface area (Å²) in [6.07, 6.45) is 3.55. The minimum atomic E-state index is -0.552. The van der Waals surface area contributed by atoms with Crippen molar-refractivity contribution in [2.24, 2.45) is 5.92 Å². The molecule has 3 aromatic rings. The second-order valence-electron chi connectivity index (χ2n) is 7.41. The molecular weight excluding hydrogens is 397 g/mol. The number of hydrogen-bond acceptors (Lipinski definition) is 4. The Labute approximate surface area is 171 Å². The largest absolute Gasteiger partial charge is 0.352 e. The maximum Gasteiger partial charge on any atom is 0.273 e. The molecule has 7 nitrogen and oxygen atoms in total. The molecule has 1 aromatic carbocycles. The van der Waals surface area contributed by atoms with Crippen molar-refractivity contribution in [2.75, 3.05) is 26.7 Å². The number of rotatable bonds is 4. The summed E-state index contributed by atoms with van der Waals surface area (Å²) in [5.74, 6) is -0.402. The van der Waals surface area contributed by atoms with E-state index in [1.54, 1.807) is 0 Å². The highest BCUT2D eigenvalue weighted by Gasteiger charge is 2.20. The number of fused-ring (bicyclic) bond motifs is 1. The number of amides is 1. The van der Waals surface area contributed by atoms with Crippen LogP contribution in [0.5, 0.6) is 0 Å². The summed E-state index contributed by atoms with van der Waals surface area (Å²) < 4.78 is 14.7. The molecule has 29 heavy (non-hydrogen) atoms. The van der Waals surface area contributed by atoms with Gasteiger partial charge >= 0.3 is 0 Å². The molecule has 0 aliphatic carbocycles. The van der Waals surface area contributed by atoms with Gasteiger partial charge < -0.3 is 10.2 Å². The summed E-state index contributed by atoms with van der Waals surface area (Å²) >= 11 is 5.85. The average molecular weight is 418 g/mol. The van der Waals surface area contributed by atoms with Crippen LogP contribution in [0.2, 0.25) is 5.02 Å². The maximum absolute atomic E-state index is 13.4. The highest BCUT2D eigenvalue weighted by atomic mass is 35.5. The van der Waals surface area contributed by atoms with Crippen molar-refractivity contribution in [3.8, 4) is 11.3 Å². The molecule has 2 aromatic heterocycles. The van der Waals surface area contributed by atoms with Crippen LogP contribution in [0, 0.1) is 11.7 Å². The molecule has 4 rings (SSSR count). The second-order valence-corrected chi connectivity index (χ2v) is 7.82. The molecule has 0 spiro atoms. The number of nitrogens with one attached hydrogen (secondary N) is 2. The molecule has 1 fully saturated rings. The standard InChI is InChI=1S/C20H21ClFN5O2/c1-26-6-4-12(5-7-26)10-23-20(29)14-11-24-27-18(28)9-17(25-19(14)27)13-2-3-16(22)15(21)8-13/h2-3,8-9,11-12,24H,4-7,10H2,1H3,(H,23,29). The van der Waals surface area contributed by atoms with Gasteiger partial charge in [0.2, 0.25) is 0 Å². The lowest BCUT2D eigenvalue weighted by Gasteiger charge is -2.28. The third-order valence-corrected chi connectivity index (χ3v) is 5.64. The molecule has 2 N–H and O–H groups in total. The van der Waals surface area contributed by atoms with Crippen molar-refractivity contribution < 1.29 is 9.18 Å². The Balaban J connectivity index is 1.60. The van der Waals surface area contributed by atoms with Crippen molar-refractivity contribution >= 4 is 23.2 Å². The highest BCUT2D eigenvalue weighted by molar-refractivity contribution is 6.31. The minimum Gasteiger partial charge on any atom is -0.352 e. The molecule has 1 amide bonds. The van der Waals surface area contributed by atoms with Gasteiger partial charge in [-0.25, -0.2) is 13.9 Å². The van der Waals surface area contributed by atoms with E-state index in [9.17, 15) is 14.0 Å². The van der Waals surface area contributed by atoms with E-state index < -0.39 is 5.82 Å². The molecule has 1 aliphatic heterocycles. The molecule has 152 valence electrons. The quantitative estimate of drug-likeness (QED) is 0.683. The van der Waals surface area contributed by atoms with Crippen LogP contribution in [0.15, 0.2) is 35.3 Å². The molecule has 1 saturated heterocycles. The monoisotopic (exact) mass is 417 g/mol. The number of carbonyl (C=O) groups is 1. The molecule has 0 bridgehead atoms. The van der Waals surface area contributed by atoms with Gasteiger partial charge in [0.15, 0.2) is 5.65 Å². The number of nitrogens with zero attached hydrogens (tertiary/aromatic N) is 3. The molecule has 0 unspecified atom stereocenters. The fourth-order valence-electron chi connectivity index (χ4n) is 3.55. The summed E-state index contributed by atoms with van der Waals surface area (Å²) in [6.45, 7) is 2.63. The summed E-state index contributed by atoms with van der Waals surface area (Å²) in [6, 6.07) is 5.43. The van der Waals surface area contributed by atoms with E-state index in [0.717, 1.165) is 25.9 Å². The van der Waals surface area contributed by atoms with Crippen LogP contribution in [-0.2, 0) is 0 Å². The van der Waals surface area contributed by atoms with Crippen molar-refractivity contribution in [1.29, 1.82) is 0 Å². The lowest BCUT2D eigenvalue weighted by Crippen LogP contribution is -2.36. The van der Waals surface area contributed by atoms with Crippen LogP contribution >= 0.6 is 11.6 Å². The fraction of sp³-hybridized carbons (Fsp3) is 0.350. The van der Waals surface area contributed by atoms with Gasteiger partial charge in [-0.15, -0.1) is 0 Å². The summed E-state index contributed by atoms with van der Waals surface area (Å²) in [4.78, 5) is 31.9. The highest BCUT2D eigenvalue weighted by Crippen LogP contribution is 2.23. The Bertz CT molecular complexity index is 1120. The van der Waals surface area contributed by atoms with E-state index in [4.69, 9.17) is 11.6 Å². The van der Waals surface area contributed by atoms with Crippen LogP contribution in [0.1, 0.15) is 23.2 Å². The van der Waals surface area contributed by atoms with Gasteiger partial charge in [-0.05, 0) is 57.1 Å². The first kappa shape index (κ1) is 19.6. The average Bonchev–Trinajstić information content (AvgIpc) is 3.14. The van der Waals surface area contributed by atoms with Gasteiger partial charge in [-0.1, -0.05) is 11.6 Å². The van der Waals surface area contributed by atoms with Gasteiger partial charge in [0, 0.05) is 24.4 Å². The van der Waals surface area contributed by atoms with Crippen molar-refractivity contribution in [1.82, 2.24) is 24.8 Å². The van der Waals surface area contributed by atoms with E-state index in [2.05, 4.69) is 27.3 Å². The second kappa shape index (κ2) is 7.96. The Hall–Kier alpha value is -2.71. The number of halogens is 2. The Morgan fingerprint density at radius 3 is 2.83 bits per heavy atom. The number of hydrogen-bond donors (Lipinski definition) is 2. The number of aromatic nitrogens is 3. The number of H-pyrrole nitrogens is 1. The van der Waals surface area contributed by atoms with Crippen LogP contribution in [0.3, 0.4) is 0 Å². The molecule has 9 heteroatoms. The first-order chi connectivity index (χ1) is 13.9. The van der Waals surface area contributed by atoms with Crippen LogP contribution in [0.4, 0.5) is 4.39 Å². The lowest BCUT2D eigenvalue weighted by atomic mass is 9.97. The Morgan fingerprint density at radius 2 is 2.10 bits per heavy atom. The third-order valence-electron chi connectivity index (χ3n) is 5.35. The number of piperidine rings is 1. The van der Waals surface area contributed by atoms with E-state index in [-0.39, 0.29) is 27.7 Å². The van der Waals surface area contributed by atoms with E-state index in [0.29, 0.717) is 23.7 Å². The normalized spacial score (nSPS) is 15.7. The number of likely N-dealkylation sites (tertiary alicyclic amines) is 1. The van der Waals surface area contributed by atoms with Gasteiger partial charge in [-0.3, -0.25) is 14.7 Å². The number of carbonyl (C=O) groups excluding carboxylic acids is 1. The van der Waals surface area contributed by atoms with Gasteiger partial charge in [-0.2, -0.15) is 0 Å². The molecular formula is C20H21ClFN5O2. The third kappa shape index (κ3) is 4.04. The van der Waals surface area contributed by atoms with Crippen LogP contribution in [-0.4, -0.2) is 52.1 Å². The van der Waals surface area contributed by atoms with Crippen molar-refractivity contribution in [3.05, 3.63) is 57.2 Å². The first-order valence-corrected chi connectivity index (χ1v) is 9.83. The van der Waals surface area contributed by atoms with Gasteiger partial charge in [0.05, 0.1) is 10.7 Å². The Kier molecular flexibility index (Phi) is 5.38. The minimum absolute atomic E-state index is 0.0605. The summed E-state index contributed by atoms with van der Waals surface area (Å²) in [5, 5.41) is 5.66. The molecule has 0 saturated carbocycles. The van der Waals surface area contributed by atoms with Crippen molar-refractivity contribution in [2.45, 2.75) is 12.8 Å². The van der Waals surface area contributed by atoms with Gasteiger partial charge in [0.1, 0.15) is 11.4 Å². The SMILES string of the molecule is CN1CCC(CNC(=O)c2c[nH]n3c(=O)cc(-c4ccc(F)c(Cl)c4)nc23)CC1. The number of aromatic amines is 1. The van der Waals surface area contributed by atoms with Crippen LogP contribution < -0.4 is 10.9 Å². The zero-order valence-electron chi connectivity index (χ0n) is 15.9. The molecule has 0 radical (unpaired) electrons. The fourth-order valence-corrected chi connectivity index (χ4v) is 3.73. The summed E-state index contributed by atoms with van der Waals surface area (Å²) in [7, 11) is 2.09. The van der Waals surface area contributed by atoms with Crippen molar-refractivity contribution in [3.63, 3.8) is 0 Å². The van der Waals surface area contributed by atoms with E-state index >= 15 is 0 Å². The zero-order chi connectivity index (χ0) is 20.5. The molecule has 3 heterocycles. The molecule has 0 atom stereocenters. The lowest BCUT2D eigenvalue weighted by molar-refractivity contribution is 0.0940.